The van der Waals surface area contributed by atoms with Gasteiger partial charge >= 0.3 is 5.97 Å². The molecule has 2 heterocycles. The zero-order valence-corrected chi connectivity index (χ0v) is 19.6. The second kappa shape index (κ2) is 9.03. The number of carbonyl (C=O) groups is 1. The third kappa shape index (κ3) is 3.83. The molecule has 2 aromatic carbocycles. The summed E-state index contributed by atoms with van der Waals surface area (Å²) in [6.07, 6.45) is 3.28. The average molecular weight is 493 g/mol. The van der Waals surface area contributed by atoms with Gasteiger partial charge in [-0.25, -0.2) is 13.6 Å². The van der Waals surface area contributed by atoms with E-state index in [0.717, 1.165) is 0 Å². The van der Waals surface area contributed by atoms with Crippen LogP contribution in [0.4, 0.5) is 20.2 Å². The van der Waals surface area contributed by atoms with E-state index in [2.05, 4.69) is 5.10 Å². The monoisotopic (exact) mass is 492 g/mol. The van der Waals surface area contributed by atoms with Crippen molar-refractivity contribution in [3.8, 4) is 5.69 Å². The zero-order chi connectivity index (χ0) is 23.9. The van der Waals surface area contributed by atoms with Crippen LogP contribution < -0.4 is 4.90 Å². The first-order valence-corrected chi connectivity index (χ1v) is 11.0. The largest absolute Gasteiger partial charge is 0.462 e. The van der Waals surface area contributed by atoms with Crippen molar-refractivity contribution in [1.82, 2.24) is 14.3 Å². The van der Waals surface area contributed by atoms with Crippen molar-refractivity contribution in [2.75, 3.05) is 18.6 Å². The predicted molar refractivity (Wildman–Crippen MR) is 125 cm³/mol. The van der Waals surface area contributed by atoms with Gasteiger partial charge in [0.1, 0.15) is 5.15 Å². The van der Waals surface area contributed by atoms with E-state index in [1.165, 1.54) is 33.7 Å². The molecule has 4 rings (SSSR count). The summed E-state index contributed by atoms with van der Waals surface area (Å²) in [4.78, 5) is 13.6. The summed E-state index contributed by atoms with van der Waals surface area (Å²) in [6.45, 7) is 4.28. The highest BCUT2D eigenvalue weighted by atomic mass is 35.5. The molecule has 33 heavy (non-hydrogen) atoms. The first-order valence-electron chi connectivity index (χ1n) is 10.2. The highest BCUT2D eigenvalue weighted by Gasteiger charge is 2.27. The van der Waals surface area contributed by atoms with Gasteiger partial charge in [0.2, 0.25) is 0 Å². The normalized spacial score (nSPS) is 11.2. The van der Waals surface area contributed by atoms with Gasteiger partial charge in [-0.1, -0.05) is 29.3 Å². The van der Waals surface area contributed by atoms with Crippen molar-refractivity contribution in [1.29, 1.82) is 0 Å². The lowest BCUT2D eigenvalue weighted by atomic mass is 10.1. The fraction of sp³-hybridized carbons (Fsp3) is 0.217. The van der Waals surface area contributed by atoms with Gasteiger partial charge in [-0.2, -0.15) is 5.10 Å². The maximum absolute atomic E-state index is 15.3. The van der Waals surface area contributed by atoms with E-state index in [0.29, 0.717) is 23.3 Å². The van der Waals surface area contributed by atoms with E-state index in [4.69, 9.17) is 27.9 Å². The van der Waals surface area contributed by atoms with Crippen LogP contribution in [0.15, 0.2) is 42.7 Å². The number of rotatable bonds is 6. The van der Waals surface area contributed by atoms with E-state index >= 15 is 8.78 Å². The Morgan fingerprint density at radius 2 is 1.91 bits per heavy atom. The number of halogens is 4. The number of hydrogen-bond donors (Lipinski definition) is 0. The van der Waals surface area contributed by atoms with Crippen molar-refractivity contribution < 1.29 is 18.3 Å². The quantitative estimate of drug-likeness (QED) is 0.293. The van der Waals surface area contributed by atoms with Gasteiger partial charge in [0.15, 0.2) is 11.6 Å². The van der Waals surface area contributed by atoms with E-state index in [9.17, 15) is 4.79 Å². The lowest BCUT2D eigenvalue weighted by molar-refractivity contribution is 0.0521. The molecule has 0 atom stereocenters. The number of aromatic nitrogens is 3. The highest BCUT2D eigenvalue weighted by molar-refractivity contribution is 6.36. The van der Waals surface area contributed by atoms with Crippen LogP contribution in [0.3, 0.4) is 0 Å². The fourth-order valence-electron chi connectivity index (χ4n) is 3.73. The van der Waals surface area contributed by atoms with Crippen LogP contribution in [0.1, 0.15) is 24.2 Å². The molecule has 6 nitrogen and oxygen atoms in total. The third-order valence-electron chi connectivity index (χ3n) is 5.31. The first kappa shape index (κ1) is 23.1. The summed E-state index contributed by atoms with van der Waals surface area (Å²) in [6, 6.07) is 7.41. The maximum atomic E-state index is 15.3. The molecule has 0 N–H and O–H groups in total. The number of anilines is 2. The molecule has 0 bridgehead atoms. The summed E-state index contributed by atoms with van der Waals surface area (Å²) in [5, 5.41) is 4.71. The Morgan fingerprint density at radius 1 is 1.15 bits per heavy atom. The van der Waals surface area contributed by atoms with E-state index in [1.54, 1.807) is 37.1 Å². The Balaban J connectivity index is 1.96. The molecule has 2 aromatic heterocycles. The molecule has 0 fully saturated rings. The Hall–Kier alpha value is -3.10. The van der Waals surface area contributed by atoms with Crippen LogP contribution >= 0.6 is 23.2 Å². The molecule has 10 heteroatoms. The number of esters is 1. The SMILES string of the molecule is CCOC(=O)c1cccc(N(C)c2c(Cl)n(-c3cnn(CC)c3)c3c(F)c(Cl)ccc23)c1F. The van der Waals surface area contributed by atoms with Crippen molar-refractivity contribution >= 4 is 51.4 Å². The summed E-state index contributed by atoms with van der Waals surface area (Å²) in [5.74, 6) is -2.21. The molecule has 0 spiro atoms. The summed E-state index contributed by atoms with van der Waals surface area (Å²) in [5.41, 5.74) is 0.854. The minimum Gasteiger partial charge on any atom is -0.462 e. The Morgan fingerprint density at radius 3 is 2.58 bits per heavy atom. The van der Waals surface area contributed by atoms with Crippen LogP contribution in [0.25, 0.3) is 16.6 Å². The summed E-state index contributed by atoms with van der Waals surface area (Å²) >= 11 is 12.8. The average Bonchev–Trinajstić information content (AvgIpc) is 3.38. The molecular formula is C23H20Cl2F2N4O2. The van der Waals surface area contributed by atoms with Crippen molar-refractivity contribution in [2.45, 2.75) is 20.4 Å². The van der Waals surface area contributed by atoms with Crippen LogP contribution in [0.5, 0.6) is 0 Å². The number of hydrogen-bond acceptors (Lipinski definition) is 4. The lowest BCUT2D eigenvalue weighted by Gasteiger charge is -2.21. The van der Waals surface area contributed by atoms with Crippen LogP contribution in [0.2, 0.25) is 10.2 Å². The Kier molecular flexibility index (Phi) is 6.32. The minimum absolute atomic E-state index is 0.0705. The lowest BCUT2D eigenvalue weighted by Crippen LogP contribution is -2.15. The van der Waals surface area contributed by atoms with E-state index < -0.39 is 17.6 Å². The molecule has 0 saturated carbocycles. The molecule has 0 unspecified atom stereocenters. The number of benzene rings is 2. The van der Waals surface area contributed by atoms with Gasteiger partial charge < -0.3 is 9.64 Å². The fourth-order valence-corrected chi connectivity index (χ4v) is 4.30. The van der Waals surface area contributed by atoms with Crippen LogP contribution in [-0.2, 0) is 11.3 Å². The number of nitrogens with zero attached hydrogens (tertiary/aromatic N) is 4. The standard InChI is InChI=1S/C23H20Cl2F2N4O2/c1-4-30-12-13(11-28-30)31-20-15(9-10-16(24)19(20)27)21(22(31)25)29(3)17-8-6-7-14(18(17)26)23(32)33-5-2/h6-12H,4-5H2,1-3H3. The third-order valence-corrected chi connectivity index (χ3v) is 5.95. The number of carbonyl (C=O) groups excluding carboxylic acids is 1. The first-order chi connectivity index (χ1) is 15.8. The minimum atomic E-state index is -0.774. The smallest absolute Gasteiger partial charge is 0.341 e. The number of ether oxygens (including phenoxy) is 1. The van der Waals surface area contributed by atoms with Crippen molar-refractivity contribution in [3.05, 3.63) is 70.1 Å². The summed E-state index contributed by atoms with van der Waals surface area (Å²) in [7, 11) is 1.58. The Bertz CT molecular complexity index is 1370. The Labute approximate surface area is 198 Å². The topological polar surface area (TPSA) is 52.3 Å². The number of fused-ring (bicyclic) bond motifs is 1. The molecule has 0 aliphatic rings. The molecule has 172 valence electrons. The van der Waals surface area contributed by atoms with Crippen LogP contribution in [0, 0.1) is 11.6 Å². The molecule has 0 amide bonds. The maximum Gasteiger partial charge on any atom is 0.341 e. The molecule has 4 aromatic rings. The highest BCUT2D eigenvalue weighted by Crippen LogP contribution is 2.44. The van der Waals surface area contributed by atoms with Gasteiger partial charge in [-0.3, -0.25) is 9.25 Å². The summed E-state index contributed by atoms with van der Waals surface area (Å²) < 4.78 is 38.7. The van der Waals surface area contributed by atoms with Crippen molar-refractivity contribution in [3.63, 3.8) is 0 Å². The van der Waals surface area contributed by atoms with Crippen LogP contribution in [-0.4, -0.2) is 34.0 Å². The second-order valence-corrected chi connectivity index (χ2v) is 7.97. The molecule has 0 radical (unpaired) electrons. The van der Waals surface area contributed by atoms with Gasteiger partial charge in [0.25, 0.3) is 0 Å². The molecule has 0 aliphatic carbocycles. The van der Waals surface area contributed by atoms with Gasteiger partial charge in [0, 0.05) is 25.2 Å². The second-order valence-electron chi connectivity index (χ2n) is 7.20. The molecular weight excluding hydrogens is 473 g/mol. The van der Waals surface area contributed by atoms with Gasteiger partial charge in [-0.15, -0.1) is 0 Å². The predicted octanol–water partition coefficient (Wildman–Crippen LogP) is 6.38. The van der Waals surface area contributed by atoms with Gasteiger partial charge in [0.05, 0.1) is 46.0 Å². The van der Waals surface area contributed by atoms with Gasteiger partial charge in [-0.05, 0) is 38.1 Å². The zero-order valence-electron chi connectivity index (χ0n) is 18.1. The molecule has 0 aliphatic heterocycles. The van der Waals surface area contributed by atoms with E-state index in [1.807, 2.05) is 6.92 Å². The van der Waals surface area contributed by atoms with Crippen molar-refractivity contribution in [2.24, 2.45) is 0 Å². The number of aryl methyl sites for hydroxylation is 1. The molecule has 0 saturated heterocycles. The van der Waals surface area contributed by atoms with E-state index in [-0.39, 0.29) is 33.6 Å².